The molecule has 0 amide bonds. The summed E-state index contributed by atoms with van der Waals surface area (Å²) in [5.41, 5.74) is 0.468. The van der Waals surface area contributed by atoms with E-state index in [0.29, 0.717) is 5.41 Å². The van der Waals surface area contributed by atoms with Gasteiger partial charge in [-0.2, -0.15) is 0 Å². The highest BCUT2D eigenvalue weighted by atomic mass is 16.5. The van der Waals surface area contributed by atoms with Gasteiger partial charge in [-0.25, -0.2) is 0 Å². The van der Waals surface area contributed by atoms with Crippen LogP contribution < -0.4 is 5.32 Å². The molecular formula is C12H23NO. The second kappa shape index (κ2) is 4.63. The molecule has 1 N–H and O–H groups in total. The molecule has 82 valence electrons. The minimum Gasteiger partial charge on any atom is -0.384 e. The highest BCUT2D eigenvalue weighted by Crippen LogP contribution is 2.36. The van der Waals surface area contributed by atoms with Crippen LogP contribution in [0.25, 0.3) is 0 Å². The standard InChI is InChI=1S/C12H23NO/c1-14-10-12(7-3-2-4-8-12)9-13-11-5-6-11/h11,13H,2-10H2,1H3. The Labute approximate surface area is 87.4 Å². The third kappa shape index (κ3) is 2.71. The first-order valence-corrected chi connectivity index (χ1v) is 6.07. The Bertz CT molecular complexity index is 166. The lowest BCUT2D eigenvalue weighted by Crippen LogP contribution is -2.40. The minimum absolute atomic E-state index is 0.468. The largest absolute Gasteiger partial charge is 0.384 e. The first-order chi connectivity index (χ1) is 6.85. The van der Waals surface area contributed by atoms with Crippen LogP contribution in [0, 0.1) is 5.41 Å². The fraction of sp³-hybridized carbons (Fsp3) is 1.00. The second-order valence-corrected chi connectivity index (χ2v) is 5.15. The fourth-order valence-electron chi connectivity index (χ4n) is 2.63. The van der Waals surface area contributed by atoms with Crippen LogP contribution in [0.15, 0.2) is 0 Å². The van der Waals surface area contributed by atoms with Crippen LogP contribution in [0.4, 0.5) is 0 Å². The normalized spacial score (nSPS) is 26.4. The van der Waals surface area contributed by atoms with Crippen molar-refractivity contribution in [3.63, 3.8) is 0 Å². The van der Waals surface area contributed by atoms with Crippen molar-refractivity contribution in [2.24, 2.45) is 5.41 Å². The van der Waals surface area contributed by atoms with Crippen molar-refractivity contribution in [3.8, 4) is 0 Å². The molecule has 0 heterocycles. The molecule has 2 aliphatic rings. The third-order valence-electron chi connectivity index (χ3n) is 3.71. The Hall–Kier alpha value is -0.0800. The average Bonchev–Trinajstić information content (AvgIpc) is 3.00. The lowest BCUT2D eigenvalue weighted by atomic mass is 9.74. The average molecular weight is 197 g/mol. The van der Waals surface area contributed by atoms with E-state index in [1.807, 2.05) is 7.11 Å². The molecule has 2 fully saturated rings. The van der Waals surface area contributed by atoms with Crippen molar-refractivity contribution in [3.05, 3.63) is 0 Å². The summed E-state index contributed by atoms with van der Waals surface area (Å²) in [5.74, 6) is 0. The summed E-state index contributed by atoms with van der Waals surface area (Å²) in [7, 11) is 1.84. The molecule has 0 spiro atoms. The third-order valence-corrected chi connectivity index (χ3v) is 3.71. The summed E-state index contributed by atoms with van der Waals surface area (Å²) in [6.45, 7) is 2.14. The van der Waals surface area contributed by atoms with Gasteiger partial charge in [0.05, 0.1) is 6.61 Å². The molecule has 2 rings (SSSR count). The first kappa shape index (κ1) is 10.4. The SMILES string of the molecule is COCC1(CNC2CC2)CCCCC1. The van der Waals surface area contributed by atoms with E-state index in [0.717, 1.165) is 12.6 Å². The quantitative estimate of drug-likeness (QED) is 0.730. The number of hydrogen-bond donors (Lipinski definition) is 1. The lowest BCUT2D eigenvalue weighted by Gasteiger charge is -2.37. The van der Waals surface area contributed by atoms with E-state index in [1.165, 1.54) is 51.5 Å². The molecule has 2 aliphatic carbocycles. The van der Waals surface area contributed by atoms with Gasteiger partial charge < -0.3 is 10.1 Å². The molecule has 0 aromatic carbocycles. The highest BCUT2D eigenvalue weighted by molar-refractivity contribution is 4.89. The number of methoxy groups -OCH3 is 1. The van der Waals surface area contributed by atoms with Crippen LogP contribution in [0.1, 0.15) is 44.9 Å². The van der Waals surface area contributed by atoms with Gasteiger partial charge in [-0.15, -0.1) is 0 Å². The van der Waals surface area contributed by atoms with Crippen LogP contribution >= 0.6 is 0 Å². The van der Waals surface area contributed by atoms with E-state index in [9.17, 15) is 0 Å². The molecule has 0 unspecified atom stereocenters. The zero-order valence-corrected chi connectivity index (χ0v) is 9.35. The Kier molecular flexibility index (Phi) is 3.45. The first-order valence-electron chi connectivity index (χ1n) is 6.07. The van der Waals surface area contributed by atoms with Gasteiger partial charge in [0.25, 0.3) is 0 Å². The van der Waals surface area contributed by atoms with Crippen LogP contribution in [0.5, 0.6) is 0 Å². The van der Waals surface area contributed by atoms with Crippen molar-refractivity contribution in [2.75, 3.05) is 20.3 Å². The van der Waals surface area contributed by atoms with E-state index in [-0.39, 0.29) is 0 Å². The number of hydrogen-bond acceptors (Lipinski definition) is 2. The summed E-state index contributed by atoms with van der Waals surface area (Å²) in [6, 6.07) is 0.839. The molecule has 0 atom stereocenters. The molecule has 0 aromatic heterocycles. The molecular weight excluding hydrogens is 174 g/mol. The summed E-state index contributed by atoms with van der Waals surface area (Å²) >= 11 is 0. The van der Waals surface area contributed by atoms with E-state index in [4.69, 9.17) is 4.74 Å². The molecule has 2 nitrogen and oxygen atoms in total. The Balaban J connectivity index is 1.82. The Morgan fingerprint density at radius 2 is 1.93 bits per heavy atom. The number of rotatable bonds is 5. The maximum atomic E-state index is 5.40. The van der Waals surface area contributed by atoms with Crippen LogP contribution in [0.2, 0.25) is 0 Å². The van der Waals surface area contributed by atoms with Crippen molar-refractivity contribution >= 4 is 0 Å². The van der Waals surface area contributed by atoms with Gasteiger partial charge in [-0.3, -0.25) is 0 Å². The van der Waals surface area contributed by atoms with E-state index < -0.39 is 0 Å². The van der Waals surface area contributed by atoms with Gasteiger partial charge in [-0.05, 0) is 25.7 Å². The van der Waals surface area contributed by atoms with Crippen molar-refractivity contribution in [1.82, 2.24) is 5.32 Å². The molecule has 0 aromatic rings. The van der Waals surface area contributed by atoms with Crippen LogP contribution in [-0.4, -0.2) is 26.3 Å². The van der Waals surface area contributed by atoms with E-state index in [1.54, 1.807) is 0 Å². The summed E-state index contributed by atoms with van der Waals surface area (Å²) in [4.78, 5) is 0. The highest BCUT2D eigenvalue weighted by Gasteiger charge is 2.33. The molecule has 0 saturated heterocycles. The monoisotopic (exact) mass is 197 g/mol. The predicted octanol–water partition coefficient (Wildman–Crippen LogP) is 2.34. The zero-order chi connectivity index (χ0) is 9.86. The number of nitrogens with one attached hydrogen (secondary N) is 1. The zero-order valence-electron chi connectivity index (χ0n) is 9.35. The summed E-state index contributed by atoms with van der Waals surface area (Å²) < 4.78 is 5.40. The van der Waals surface area contributed by atoms with Crippen molar-refractivity contribution < 1.29 is 4.74 Å². The predicted molar refractivity (Wildman–Crippen MR) is 58.4 cm³/mol. The topological polar surface area (TPSA) is 21.3 Å². The van der Waals surface area contributed by atoms with Gasteiger partial charge in [0.15, 0.2) is 0 Å². The summed E-state index contributed by atoms with van der Waals surface area (Å²) in [5, 5.41) is 3.67. The van der Waals surface area contributed by atoms with Gasteiger partial charge in [-0.1, -0.05) is 19.3 Å². The maximum Gasteiger partial charge on any atom is 0.0530 e. The molecule has 2 heteroatoms. The molecule has 2 saturated carbocycles. The Morgan fingerprint density at radius 3 is 2.50 bits per heavy atom. The molecule has 14 heavy (non-hydrogen) atoms. The van der Waals surface area contributed by atoms with Crippen LogP contribution in [-0.2, 0) is 4.74 Å². The maximum absolute atomic E-state index is 5.40. The summed E-state index contributed by atoms with van der Waals surface area (Å²) in [6.07, 6.45) is 9.73. The second-order valence-electron chi connectivity index (χ2n) is 5.15. The smallest absolute Gasteiger partial charge is 0.0530 e. The molecule has 0 aliphatic heterocycles. The van der Waals surface area contributed by atoms with Gasteiger partial charge >= 0.3 is 0 Å². The van der Waals surface area contributed by atoms with Crippen LogP contribution in [0.3, 0.4) is 0 Å². The van der Waals surface area contributed by atoms with Crippen molar-refractivity contribution in [1.29, 1.82) is 0 Å². The van der Waals surface area contributed by atoms with Gasteiger partial charge in [0, 0.05) is 25.1 Å². The molecule has 0 radical (unpaired) electrons. The molecule has 0 bridgehead atoms. The van der Waals surface area contributed by atoms with E-state index in [2.05, 4.69) is 5.32 Å². The van der Waals surface area contributed by atoms with Crippen molar-refractivity contribution in [2.45, 2.75) is 51.0 Å². The number of ether oxygens (including phenoxy) is 1. The minimum atomic E-state index is 0.468. The Morgan fingerprint density at radius 1 is 1.21 bits per heavy atom. The van der Waals surface area contributed by atoms with Gasteiger partial charge in [0.1, 0.15) is 0 Å². The fourth-order valence-corrected chi connectivity index (χ4v) is 2.63. The lowest BCUT2D eigenvalue weighted by molar-refractivity contribution is 0.0481. The van der Waals surface area contributed by atoms with E-state index >= 15 is 0 Å². The van der Waals surface area contributed by atoms with Gasteiger partial charge in [0.2, 0.25) is 0 Å².